The molecule has 0 aliphatic rings. The van der Waals surface area contributed by atoms with Crippen LogP contribution < -0.4 is 5.73 Å². The second-order valence-electron chi connectivity index (χ2n) is 3.83. The molecule has 2 rings (SSSR count). The number of hydrogen-bond donors (Lipinski definition) is 2. The molecule has 0 aliphatic carbocycles. The molecule has 0 aliphatic heterocycles. The summed E-state index contributed by atoms with van der Waals surface area (Å²) in [5.41, 5.74) is 9.40. The van der Waals surface area contributed by atoms with E-state index in [1.165, 1.54) is 0 Å². The summed E-state index contributed by atoms with van der Waals surface area (Å²) in [6, 6.07) is 4.11. The van der Waals surface area contributed by atoms with Gasteiger partial charge in [-0.15, -0.1) is 0 Å². The minimum atomic E-state index is -0.0220. The first-order chi connectivity index (χ1) is 7.13. The predicted octanol–water partition coefficient (Wildman–Crippen LogP) is 1.93. The maximum atomic E-state index is 11.6. The summed E-state index contributed by atoms with van der Waals surface area (Å²) < 4.78 is 0. The third-order valence-electron chi connectivity index (χ3n) is 2.62. The molecule has 0 atom stereocenters. The quantitative estimate of drug-likeness (QED) is 0.731. The van der Waals surface area contributed by atoms with Crippen LogP contribution in [0.25, 0.3) is 10.9 Å². The largest absolute Gasteiger partial charge is 0.360 e. The Bertz CT molecular complexity index is 526. The number of fused-ring (bicyclic) bond motifs is 1. The number of aryl methyl sites for hydroxylation is 2. The Balaban J connectivity index is 2.74. The Hall–Kier alpha value is -1.61. The van der Waals surface area contributed by atoms with E-state index in [0.717, 1.165) is 22.0 Å². The summed E-state index contributed by atoms with van der Waals surface area (Å²) in [7, 11) is 0. The van der Waals surface area contributed by atoms with Gasteiger partial charge in [0.2, 0.25) is 0 Å². The fourth-order valence-electron chi connectivity index (χ4n) is 1.93. The van der Waals surface area contributed by atoms with Crippen LogP contribution in [0.4, 0.5) is 0 Å². The van der Waals surface area contributed by atoms with Crippen molar-refractivity contribution in [3.05, 3.63) is 35.0 Å². The van der Waals surface area contributed by atoms with Crippen LogP contribution >= 0.6 is 0 Å². The van der Waals surface area contributed by atoms with E-state index in [1.54, 1.807) is 6.20 Å². The summed E-state index contributed by atoms with van der Waals surface area (Å²) in [4.78, 5) is 14.7. The van der Waals surface area contributed by atoms with Gasteiger partial charge in [-0.1, -0.05) is 11.6 Å². The fourth-order valence-corrected chi connectivity index (χ4v) is 1.93. The molecule has 0 unspecified atom stereocenters. The Morgan fingerprint density at radius 2 is 2.13 bits per heavy atom. The zero-order chi connectivity index (χ0) is 11.0. The monoisotopic (exact) mass is 202 g/mol. The van der Waals surface area contributed by atoms with Gasteiger partial charge in [-0.3, -0.25) is 4.79 Å². The number of carbonyl (C=O) groups is 1. The van der Waals surface area contributed by atoms with E-state index < -0.39 is 0 Å². The molecule has 0 bridgehead atoms. The van der Waals surface area contributed by atoms with Crippen molar-refractivity contribution >= 4 is 16.7 Å². The smallest absolute Gasteiger partial charge is 0.178 e. The molecule has 78 valence electrons. The molecular formula is C12H14N2O. The molecule has 0 saturated heterocycles. The number of rotatable bonds is 2. The van der Waals surface area contributed by atoms with E-state index in [9.17, 15) is 4.79 Å². The van der Waals surface area contributed by atoms with Gasteiger partial charge in [0, 0.05) is 22.7 Å². The summed E-state index contributed by atoms with van der Waals surface area (Å²) in [5, 5.41) is 0.975. The average molecular weight is 202 g/mol. The van der Waals surface area contributed by atoms with Gasteiger partial charge in [-0.05, 0) is 25.5 Å². The van der Waals surface area contributed by atoms with Crippen molar-refractivity contribution in [3.63, 3.8) is 0 Å². The molecule has 3 heteroatoms. The van der Waals surface area contributed by atoms with Crippen molar-refractivity contribution in [2.24, 2.45) is 5.73 Å². The number of carbonyl (C=O) groups excluding carboxylic acids is 1. The summed E-state index contributed by atoms with van der Waals surface area (Å²) in [5.74, 6) is -0.0220. The van der Waals surface area contributed by atoms with Crippen LogP contribution in [0.2, 0.25) is 0 Å². The molecule has 0 radical (unpaired) electrons. The molecule has 0 spiro atoms. The highest BCUT2D eigenvalue weighted by Gasteiger charge is 2.11. The van der Waals surface area contributed by atoms with Crippen LogP contribution in [-0.2, 0) is 0 Å². The van der Waals surface area contributed by atoms with Crippen LogP contribution in [0.15, 0.2) is 18.3 Å². The van der Waals surface area contributed by atoms with E-state index in [4.69, 9.17) is 5.73 Å². The number of ketones is 1. The lowest BCUT2D eigenvalue weighted by Crippen LogP contribution is -2.12. The first-order valence-corrected chi connectivity index (χ1v) is 4.95. The number of benzene rings is 1. The van der Waals surface area contributed by atoms with Crippen molar-refractivity contribution in [2.75, 3.05) is 6.54 Å². The molecule has 3 N–H and O–H groups in total. The summed E-state index contributed by atoms with van der Waals surface area (Å²) in [6.07, 6.45) is 1.74. The minimum absolute atomic E-state index is 0.0220. The lowest BCUT2D eigenvalue weighted by Gasteiger charge is -2.00. The van der Waals surface area contributed by atoms with Crippen LogP contribution in [0.5, 0.6) is 0 Å². The highest BCUT2D eigenvalue weighted by atomic mass is 16.1. The molecular weight excluding hydrogens is 188 g/mol. The van der Waals surface area contributed by atoms with E-state index in [2.05, 4.69) is 11.1 Å². The molecule has 0 amide bonds. The Morgan fingerprint density at radius 3 is 2.80 bits per heavy atom. The molecule has 2 aromatic rings. The maximum Gasteiger partial charge on any atom is 0.178 e. The minimum Gasteiger partial charge on any atom is -0.360 e. The van der Waals surface area contributed by atoms with Crippen molar-refractivity contribution in [2.45, 2.75) is 13.8 Å². The molecule has 0 saturated carbocycles. The standard InChI is InChI=1S/C12H14N2O/c1-7-3-8(2)12-9(4-7)10(6-14-12)11(15)5-13/h3-4,6,14H,5,13H2,1-2H3. The Labute approximate surface area is 88.3 Å². The number of nitrogens with one attached hydrogen (secondary N) is 1. The van der Waals surface area contributed by atoms with Crippen molar-refractivity contribution in [3.8, 4) is 0 Å². The maximum absolute atomic E-state index is 11.6. The summed E-state index contributed by atoms with van der Waals surface area (Å²) >= 11 is 0. The first kappa shape index (κ1) is 9.93. The summed E-state index contributed by atoms with van der Waals surface area (Å²) in [6.45, 7) is 4.11. The number of hydrogen-bond acceptors (Lipinski definition) is 2. The van der Waals surface area contributed by atoms with Gasteiger partial charge in [0.1, 0.15) is 0 Å². The number of Topliss-reactive ketones (excluding diaryl/α,β-unsaturated/α-hetero) is 1. The van der Waals surface area contributed by atoms with E-state index >= 15 is 0 Å². The molecule has 15 heavy (non-hydrogen) atoms. The van der Waals surface area contributed by atoms with Gasteiger partial charge in [0.25, 0.3) is 0 Å². The third kappa shape index (κ3) is 1.55. The Kier molecular flexibility index (Phi) is 2.32. The molecule has 1 aromatic carbocycles. The molecule has 1 heterocycles. The number of aromatic amines is 1. The Morgan fingerprint density at radius 1 is 1.40 bits per heavy atom. The first-order valence-electron chi connectivity index (χ1n) is 4.95. The van der Waals surface area contributed by atoms with E-state index in [1.807, 2.05) is 19.9 Å². The van der Waals surface area contributed by atoms with E-state index in [0.29, 0.717) is 5.56 Å². The lowest BCUT2D eigenvalue weighted by atomic mass is 10.0. The highest BCUT2D eigenvalue weighted by molar-refractivity contribution is 6.09. The zero-order valence-electron chi connectivity index (χ0n) is 8.92. The third-order valence-corrected chi connectivity index (χ3v) is 2.62. The van der Waals surface area contributed by atoms with Crippen molar-refractivity contribution in [1.29, 1.82) is 0 Å². The topological polar surface area (TPSA) is 58.9 Å². The second kappa shape index (κ2) is 3.51. The van der Waals surface area contributed by atoms with Crippen LogP contribution in [0.3, 0.4) is 0 Å². The van der Waals surface area contributed by atoms with Gasteiger partial charge >= 0.3 is 0 Å². The normalized spacial score (nSPS) is 10.9. The van der Waals surface area contributed by atoms with Gasteiger partial charge in [0.15, 0.2) is 5.78 Å². The molecule has 3 nitrogen and oxygen atoms in total. The van der Waals surface area contributed by atoms with Gasteiger partial charge < -0.3 is 10.7 Å². The number of aromatic nitrogens is 1. The van der Waals surface area contributed by atoms with Gasteiger partial charge in [-0.2, -0.15) is 0 Å². The van der Waals surface area contributed by atoms with Crippen LogP contribution in [0, 0.1) is 13.8 Å². The van der Waals surface area contributed by atoms with Crippen molar-refractivity contribution < 1.29 is 4.79 Å². The zero-order valence-corrected chi connectivity index (χ0v) is 8.92. The number of H-pyrrole nitrogens is 1. The molecule has 0 fully saturated rings. The average Bonchev–Trinajstić information content (AvgIpc) is 2.60. The van der Waals surface area contributed by atoms with Crippen LogP contribution in [-0.4, -0.2) is 17.3 Å². The SMILES string of the molecule is Cc1cc(C)c2[nH]cc(C(=O)CN)c2c1. The highest BCUT2D eigenvalue weighted by Crippen LogP contribution is 2.23. The lowest BCUT2D eigenvalue weighted by molar-refractivity contribution is 0.100. The predicted molar refractivity (Wildman–Crippen MR) is 61.2 cm³/mol. The van der Waals surface area contributed by atoms with Gasteiger partial charge in [-0.25, -0.2) is 0 Å². The van der Waals surface area contributed by atoms with Crippen LogP contribution in [0.1, 0.15) is 21.5 Å². The van der Waals surface area contributed by atoms with E-state index in [-0.39, 0.29) is 12.3 Å². The van der Waals surface area contributed by atoms with Crippen molar-refractivity contribution in [1.82, 2.24) is 4.98 Å². The second-order valence-corrected chi connectivity index (χ2v) is 3.83. The molecule has 1 aromatic heterocycles. The number of nitrogens with two attached hydrogens (primary N) is 1. The van der Waals surface area contributed by atoms with Gasteiger partial charge in [0.05, 0.1) is 6.54 Å². The fraction of sp³-hybridized carbons (Fsp3) is 0.250.